The maximum Gasteiger partial charge on any atom is 0.269 e. The second-order valence-electron chi connectivity index (χ2n) is 5.78. The van der Waals surface area contributed by atoms with Crippen molar-refractivity contribution >= 4 is 15.9 Å². The maximum atomic E-state index is 12.3. The fraction of sp³-hybridized carbons (Fsp3) is 0.167. The first kappa shape index (κ1) is 19.5. The predicted molar refractivity (Wildman–Crippen MR) is 102 cm³/mol. The van der Waals surface area contributed by atoms with Crippen molar-refractivity contribution in [2.24, 2.45) is 0 Å². The summed E-state index contributed by atoms with van der Waals surface area (Å²) >= 11 is 0. The highest BCUT2D eigenvalue weighted by Gasteiger charge is 2.20. The zero-order valence-electron chi connectivity index (χ0n) is 15.3. The molecule has 3 N–H and O–H groups in total. The molecule has 0 aliphatic heterocycles. The Kier molecular flexibility index (Phi) is 5.71. The Morgan fingerprint density at radius 1 is 1.25 bits per heavy atom. The minimum absolute atomic E-state index is 0.0134. The lowest BCUT2D eigenvalue weighted by Crippen LogP contribution is -2.23. The number of methoxy groups -OCH3 is 1. The molecule has 0 aliphatic rings. The van der Waals surface area contributed by atoms with Gasteiger partial charge in [-0.3, -0.25) is 14.9 Å². The van der Waals surface area contributed by atoms with Gasteiger partial charge in [0.2, 0.25) is 10.0 Å². The molecule has 146 valence electrons. The summed E-state index contributed by atoms with van der Waals surface area (Å²) in [5.41, 5.74) is 2.08. The van der Waals surface area contributed by atoms with Crippen LogP contribution in [-0.2, 0) is 16.6 Å². The van der Waals surface area contributed by atoms with Crippen LogP contribution in [0.2, 0.25) is 0 Å². The minimum atomic E-state index is -3.72. The minimum Gasteiger partial charge on any atom is -0.495 e. The van der Waals surface area contributed by atoms with Crippen LogP contribution in [0.1, 0.15) is 16.1 Å². The number of nitrogens with one attached hydrogen (secondary N) is 3. The number of aromatic amines is 1. The molecule has 0 unspecified atom stereocenters. The van der Waals surface area contributed by atoms with Gasteiger partial charge in [-0.1, -0.05) is 6.07 Å². The summed E-state index contributed by atoms with van der Waals surface area (Å²) in [5.74, 6) is -0.123. The first-order valence-electron chi connectivity index (χ1n) is 8.29. The van der Waals surface area contributed by atoms with Gasteiger partial charge >= 0.3 is 0 Å². The van der Waals surface area contributed by atoms with Crippen molar-refractivity contribution in [2.45, 2.75) is 11.4 Å². The topological polar surface area (TPSA) is 126 Å². The molecule has 3 aromatic rings. The summed E-state index contributed by atoms with van der Waals surface area (Å²) in [7, 11) is -1.01. The molecule has 0 radical (unpaired) electrons. The molecular weight excluding hydrogens is 382 g/mol. The van der Waals surface area contributed by atoms with Crippen LogP contribution in [0.15, 0.2) is 53.7 Å². The van der Waals surface area contributed by atoms with Crippen LogP contribution in [0.25, 0.3) is 11.3 Å². The van der Waals surface area contributed by atoms with Crippen molar-refractivity contribution < 1.29 is 17.9 Å². The van der Waals surface area contributed by atoms with Crippen LogP contribution in [0.3, 0.4) is 0 Å². The van der Waals surface area contributed by atoms with E-state index < -0.39 is 10.0 Å². The van der Waals surface area contributed by atoms with Crippen molar-refractivity contribution in [3.63, 3.8) is 0 Å². The molecule has 0 atom stereocenters. The molecule has 1 aromatic carbocycles. The highest BCUT2D eigenvalue weighted by Crippen LogP contribution is 2.29. The highest BCUT2D eigenvalue weighted by atomic mass is 32.2. The number of amides is 1. The lowest BCUT2D eigenvalue weighted by atomic mass is 10.1. The Bertz CT molecular complexity index is 1080. The monoisotopic (exact) mass is 401 g/mol. The molecule has 0 spiro atoms. The summed E-state index contributed by atoms with van der Waals surface area (Å²) in [6.45, 7) is 0.328. The number of rotatable bonds is 7. The average Bonchev–Trinajstić information content (AvgIpc) is 3.22. The molecule has 0 fully saturated rings. The van der Waals surface area contributed by atoms with Gasteiger partial charge in [-0.05, 0) is 42.9 Å². The fourth-order valence-electron chi connectivity index (χ4n) is 2.52. The van der Waals surface area contributed by atoms with E-state index in [2.05, 4.69) is 25.2 Å². The van der Waals surface area contributed by atoms with Gasteiger partial charge in [0.05, 0.1) is 12.8 Å². The number of nitrogens with zero attached hydrogens (tertiary/aromatic N) is 2. The number of carbonyl (C=O) groups is 1. The smallest absolute Gasteiger partial charge is 0.269 e. The van der Waals surface area contributed by atoms with Crippen LogP contribution in [0.4, 0.5) is 0 Å². The number of hydrogen-bond donors (Lipinski definition) is 3. The Morgan fingerprint density at radius 3 is 2.75 bits per heavy atom. The third kappa shape index (κ3) is 4.18. The molecule has 10 heteroatoms. The van der Waals surface area contributed by atoms with Crippen molar-refractivity contribution in [1.82, 2.24) is 25.2 Å². The van der Waals surface area contributed by atoms with E-state index >= 15 is 0 Å². The van der Waals surface area contributed by atoms with E-state index in [0.29, 0.717) is 17.8 Å². The standard InChI is InChI=1S/C18H19N5O4S/c1-19-28(25,26)17-8-13(5-6-16(17)27-2)14-9-15(23-22-14)18(24)21-11-12-4-3-7-20-10-12/h3-10,19H,11H2,1-2H3,(H,21,24)(H,22,23). The van der Waals surface area contributed by atoms with Gasteiger partial charge in [0.1, 0.15) is 16.3 Å². The van der Waals surface area contributed by atoms with Gasteiger partial charge in [0.25, 0.3) is 5.91 Å². The molecule has 28 heavy (non-hydrogen) atoms. The number of benzene rings is 1. The number of aromatic nitrogens is 3. The van der Waals surface area contributed by atoms with Gasteiger partial charge in [-0.25, -0.2) is 13.1 Å². The summed E-state index contributed by atoms with van der Waals surface area (Å²) in [4.78, 5) is 16.3. The lowest BCUT2D eigenvalue weighted by molar-refractivity contribution is 0.0946. The molecule has 0 bridgehead atoms. The third-order valence-corrected chi connectivity index (χ3v) is 5.45. The largest absolute Gasteiger partial charge is 0.495 e. The first-order valence-corrected chi connectivity index (χ1v) is 9.77. The Balaban J connectivity index is 1.81. The molecule has 1 amide bonds. The Hall–Kier alpha value is -3.24. The molecule has 0 saturated heterocycles. The highest BCUT2D eigenvalue weighted by molar-refractivity contribution is 7.89. The van der Waals surface area contributed by atoms with Crippen molar-refractivity contribution in [2.75, 3.05) is 14.2 Å². The fourth-order valence-corrected chi connectivity index (χ4v) is 3.44. The molecule has 2 aromatic heterocycles. The van der Waals surface area contributed by atoms with Crippen LogP contribution in [0.5, 0.6) is 5.75 Å². The van der Waals surface area contributed by atoms with E-state index in [1.807, 2.05) is 6.07 Å². The molecule has 9 nitrogen and oxygen atoms in total. The van der Waals surface area contributed by atoms with E-state index in [0.717, 1.165) is 5.56 Å². The van der Waals surface area contributed by atoms with Crippen LogP contribution in [-0.4, -0.2) is 43.7 Å². The zero-order valence-corrected chi connectivity index (χ0v) is 16.1. The van der Waals surface area contributed by atoms with E-state index in [9.17, 15) is 13.2 Å². The van der Waals surface area contributed by atoms with Crippen molar-refractivity contribution in [3.8, 4) is 17.0 Å². The summed E-state index contributed by atoms with van der Waals surface area (Å²) in [5, 5.41) is 9.55. The first-order chi connectivity index (χ1) is 13.4. The van der Waals surface area contributed by atoms with Crippen LogP contribution >= 0.6 is 0 Å². The zero-order chi connectivity index (χ0) is 20.1. The van der Waals surface area contributed by atoms with Crippen LogP contribution < -0.4 is 14.8 Å². The Morgan fingerprint density at radius 2 is 2.07 bits per heavy atom. The lowest BCUT2D eigenvalue weighted by Gasteiger charge is -2.09. The molecule has 2 heterocycles. The normalized spacial score (nSPS) is 11.2. The van der Waals surface area contributed by atoms with E-state index in [4.69, 9.17) is 4.74 Å². The second-order valence-corrected chi connectivity index (χ2v) is 7.64. The number of sulfonamides is 1. The summed E-state index contributed by atoms with van der Waals surface area (Å²) in [6, 6.07) is 9.84. The van der Waals surface area contributed by atoms with E-state index in [-0.39, 0.29) is 22.2 Å². The third-order valence-electron chi connectivity index (χ3n) is 4.02. The molecule has 0 aliphatic carbocycles. The van der Waals surface area contributed by atoms with E-state index in [1.165, 1.54) is 26.3 Å². The summed E-state index contributed by atoms with van der Waals surface area (Å²) in [6.07, 6.45) is 3.32. The number of carbonyl (C=O) groups excluding carboxylic acids is 1. The predicted octanol–water partition coefficient (Wildman–Crippen LogP) is 1.32. The Labute approximate surface area is 162 Å². The number of ether oxygens (including phenoxy) is 1. The quantitative estimate of drug-likeness (QED) is 0.548. The molecule has 3 rings (SSSR count). The SMILES string of the molecule is CNS(=O)(=O)c1cc(-c2cc(C(=O)NCc3cccnc3)[nH]n2)ccc1OC. The number of pyridine rings is 1. The molecular formula is C18H19N5O4S. The number of hydrogen-bond acceptors (Lipinski definition) is 6. The maximum absolute atomic E-state index is 12.3. The van der Waals surface area contributed by atoms with Gasteiger partial charge in [0.15, 0.2) is 0 Å². The average molecular weight is 401 g/mol. The number of H-pyrrole nitrogens is 1. The van der Waals surface area contributed by atoms with Crippen LogP contribution in [0, 0.1) is 0 Å². The van der Waals surface area contributed by atoms with Gasteiger partial charge in [-0.2, -0.15) is 5.10 Å². The summed E-state index contributed by atoms with van der Waals surface area (Å²) < 4.78 is 31.8. The van der Waals surface area contributed by atoms with Crippen molar-refractivity contribution in [1.29, 1.82) is 0 Å². The van der Waals surface area contributed by atoms with Gasteiger partial charge in [0, 0.05) is 24.5 Å². The van der Waals surface area contributed by atoms with E-state index in [1.54, 1.807) is 30.6 Å². The molecule has 0 saturated carbocycles. The van der Waals surface area contributed by atoms with Crippen molar-refractivity contribution in [3.05, 3.63) is 60.0 Å². The second kappa shape index (κ2) is 8.19. The van der Waals surface area contributed by atoms with Gasteiger partial charge in [-0.15, -0.1) is 0 Å². The van der Waals surface area contributed by atoms with Gasteiger partial charge < -0.3 is 10.1 Å².